The van der Waals surface area contributed by atoms with Gasteiger partial charge < -0.3 is 9.73 Å². The summed E-state index contributed by atoms with van der Waals surface area (Å²) in [4.78, 5) is 30.2. The maximum Gasteiger partial charge on any atom is 0.251 e. The van der Waals surface area contributed by atoms with E-state index < -0.39 is 6.04 Å². The molecule has 1 aliphatic carbocycles. The second-order valence-corrected chi connectivity index (χ2v) is 10.1. The fourth-order valence-corrected chi connectivity index (χ4v) is 4.68. The first-order chi connectivity index (χ1) is 17.3. The Hall–Kier alpha value is -3.49. The van der Waals surface area contributed by atoms with Crippen LogP contribution in [0, 0.1) is 19.8 Å². The Morgan fingerprint density at radius 3 is 2.44 bits per heavy atom. The third-order valence-electron chi connectivity index (χ3n) is 6.53. The lowest BCUT2D eigenvalue weighted by Gasteiger charge is -2.34. The number of tetrazole rings is 1. The number of rotatable bonds is 9. The number of aromatic nitrogens is 4. The summed E-state index contributed by atoms with van der Waals surface area (Å²) in [6.45, 7) is 7.81. The van der Waals surface area contributed by atoms with Crippen LogP contribution in [-0.4, -0.2) is 44.1 Å². The van der Waals surface area contributed by atoms with Crippen LogP contribution in [0.5, 0.6) is 0 Å². The normalized spacial score (nSPS) is 15.1. The Bertz CT molecular complexity index is 1160. The molecule has 1 aromatic carbocycles. The third kappa shape index (κ3) is 6.38. The van der Waals surface area contributed by atoms with E-state index in [1.165, 1.54) is 11.2 Å². The molecule has 192 valence electrons. The van der Waals surface area contributed by atoms with Gasteiger partial charge >= 0.3 is 0 Å². The van der Waals surface area contributed by atoms with Crippen molar-refractivity contribution in [2.24, 2.45) is 5.92 Å². The van der Waals surface area contributed by atoms with Gasteiger partial charge in [0.25, 0.3) is 5.91 Å². The number of aryl methyl sites for hydroxylation is 2. The summed E-state index contributed by atoms with van der Waals surface area (Å²) < 4.78 is 5.57. The van der Waals surface area contributed by atoms with Crippen LogP contribution in [-0.2, 0) is 16.1 Å². The Labute approximate surface area is 212 Å². The molecule has 1 aliphatic rings. The predicted molar refractivity (Wildman–Crippen MR) is 137 cm³/mol. The maximum absolute atomic E-state index is 13.8. The second kappa shape index (κ2) is 11.5. The van der Waals surface area contributed by atoms with Gasteiger partial charge in [-0.2, -0.15) is 4.80 Å². The van der Waals surface area contributed by atoms with Crippen molar-refractivity contribution in [1.29, 1.82) is 0 Å². The summed E-state index contributed by atoms with van der Waals surface area (Å²) in [5.41, 5.74) is 1.76. The molecule has 4 rings (SSSR count). The van der Waals surface area contributed by atoms with Crippen molar-refractivity contribution >= 4 is 17.5 Å². The highest BCUT2D eigenvalue weighted by Crippen LogP contribution is 2.25. The van der Waals surface area contributed by atoms with Gasteiger partial charge in [0.05, 0.1) is 0 Å². The molecule has 0 radical (unpaired) electrons. The van der Waals surface area contributed by atoms with Gasteiger partial charge in [0.2, 0.25) is 11.7 Å². The number of carbonyl (C=O) groups excluding carboxylic acids is 2. The number of nitrogens with one attached hydrogen (secondary N) is 1. The molecule has 1 N–H and O–H groups in total. The first-order valence-corrected chi connectivity index (χ1v) is 12.8. The van der Waals surface area contributed by atoms with E-state index in [1.807, 2.05) is 44.2 Å². The van der Waals surface area contributed by atoms with Crippen LogP contribution in [0.2, 0.25) is 0 Å². The van der Waals surface area contributed by atoms with Crippen molar-refractivity contribution in [3.05, 3.63) is 47.7 Å². The number of amides is 2. The zero-order valence-corrected chi connectivity index (χ0v) is 21.6. The van der Waals surface area contributed by atoms with E-state index in [0.29, 0.717) is 23.7 Å². The lowest BCUT2D eigenvalue weighted by molar-refractivity contribution is -0.127. The monoisotopic (exact) mass is 492 g/mol. The molecule has 1 atom stereocenters. The van der Waals surface area contributed by atoms with Crippen molar-refractivity contribution in [2.75, 3.05) is 4.90 Å². The molecular weight excluding hydrogens is 456 g/mol. The lowest BCUT2D eigenvalue weighted by Crippen LogP contribution is -2.53. The van der Waals surface area contributed by atoms with Crippen molar-refractivity contribution in [1.82, 2.24) is 25.5 Å². The van der Waals surface area contributed by atoms with Gasteiger partial charge in [-0.25, -0.2) is 0 Å². The third-order valence-corrected chi connectivity index (χ3v) is 6.53. The molecule has 2 heterocycles. The van der Waals surface area contributed by atoms with Crippen LogP contribution in [0.4, 0.5) is 5.69 Å². The van der Waals surface area contributed by atoms with Gasteiger partial charge in [-0.15, -0.1) is 10.2 Å². The second-order valence-electron chi connectivity index (χ2n) is 10.1. The number of furan rings is 1. The van der Waals surface area contributed by atoms with Gasteiger partial charge in [0, 0.05) is 11.7 Å². The van der Waals surface area contributed by atoms with E-state index in [1.54, 1.807) is 11.0 Å². The highest BCUT2D eigenvalue weighted by atomic mass is 16.3. The fraction of sp³-hybridized carbons (Fsp3) is 0.519. The van der Waals surface area contributed by atoms with E-state index in [4.69, 9.17) is 4.42 Å². The molecular formula is C27H36N6O3. The van der Waals surface area contributed by atoms with Crippen LogP contribution >= 0.6 is 0 Å². The molecule has 36 heavy (non-hydrogen) atoms. The van der Waals surface area contributed by atoms with Crippen LogP contribution < -0.4 is 10.2 Å². The topological polar surface area (TPSA) is 106 Å². The molecule has 0 aliphatic heterocycles. The highest BCUT2D eigenvalue weighted by molar-refractivity contribution is 6.00. The number of anilines is 1. The first-order valence-electron chi connectivity index (χ1n) is 12.8. The molecule has 3 aromatic rings. The molecule has 9 nitrogen and oxygen atoms in total. The molecule has 0 unspecified atom stereocenters. The van der Waals surface area contributed by atoms with E-state index in [0.717, 1.165) is 37.0 Å². The number of carbonyl (C=O) groups is 2. The van der Waals surface area contributed by atoms with E-state index >= 15 is 0 Å². The predicted octanol–water partition coefficient (Wildman–Crippen LogP) is 4.45. The minimum absolute atomic E-state index is 0.108. The quantitative estimate of drug-likeness (QED) is 0.473. The zero-order chi connectivity index (χ0) is 25.7. The standard InChI is InChI=1S/C27H36N6O3/c1-18(2)16-23(27(35)28-21-8-6-5-7-9-21)33(22-13-10-19(3)11-14-22)25(34)17-32-30-26(29-31-32)24-15-12-20(4)36-24/h10-15,18,21,23H,5-9,16-17H2,1-4H3,(H,28,35)/t23-/m1/s1. The van der Waals surface area contributed by atoms with Crippen molar-refractivity contribution in [3.63, 3.8) is 0 Å². The van der Waals surface area contributed by atoms with E-state index in [9.17, 15) is 9.59 Å². The number of hydrogen-bond acceptors (Lipinski definition) is 6. The van der Waals surface area contributed by atoms with Crippen LogP contribution in [0.15, 0.2) is 40.8 Å². The minimum Gasteiger partial charge on any atom is -0.458 e. The van der Waals surface area contributed by atoms with Crippen LogP contribution in [0.1, 0.15) is 63.7 Å². The lowest BCUT2D eigenvalue weighted by atomic mass is 9.94. The summed E-state index contributed by atoms with van der Waals surface area (Å²) >= 11 is 0. The SMILES string of the molecule is Cc1ccc(N(C(=O)Cn2nnc(-c3ccc(C)o3)n2)[C@H](CC(C)C)C(=O)NC2CCCCC2)cc1. The average Bonchev–Trinajstić information content (AvgIpc) is 3.49. The molecule has 2 aromatic heterocycles. The Balaban J connectivity index is 1.60. The van der Waals surface area contributed by atoms with Crippen molar-refractivity contribution < 1.29 is 14.0 Å². The van der Waals surface area contributed by atoms with Gasteiger partial charge in [-0.05, 0) is 68.5 Å². The molecule has 9 heteroatoms. The summed E-state index contributed by atoms with van der Waals surface area (Å²) in [5.74, 6) is 1.37. The van der Waals surface area contributed by atoms with E-state index in [-0.39, 0.29) is 30.3 Å². The molecule has 0 bridgehead atoms. The Kier molecular flexibility index (Phi) is 8.18. The summed E-state index contributed by atoms with van der Waals surface area (Å²) in [7, 11) is 0. The first kappa shape index (κ1) is 25.6. The summed E-state index contributed by atoms with van der Waals surface area (Å²) in [6, 6.07) is 10.8. The van der Waals surface area contributed by atoms with Gasteiger partial charge in [0.1, 0.15) is 18.3 Å². The molecule has 1 saturated carbocycles. The Morgan fingerprint density at radius 1 is 1.08 bits per heavy atom. The zero-order valence-electron chi connectivity index (χ0n) is 21.6. The largest absolute Gasteiger partial charge is 0.458 e. The number of benzene rings is 1. The number of nitrogens with zero attached hydrogens (tertiary/aromatic N) is 5. The van der Waals surface area contributed by atoms with Crippen LogP contribution in [0.3, 0.4) is 0 Å². The Morgan fingerprint density at radius 2 is 1.81 bits per heavy atom. The molecule has 1 fully saturated rings. The van der Waals surface area contributed by atoms with Crippen molar-refractivity contribution in [3.8, 4) is 11.6 Å². The number of hydrogen-bond donors (Lipinski definition) is 1. The average molecular weight is 493 g/mol. The summed E-state index contributed by atoms with van der Waals surface area (Å²) in [5, 5.41) is 15.7. The van der Waals surface area contributed by atoms with Crippen LogP contribution in [0.25, 0.3) is 11.6 Å². The van der Waals surface area contributed by atoms with Gasteiger partial charge in [-0.3, -0.25) is 14.5 Å². The molecule has 0 spiro atoms. The maximum atomic E-state index is 13.8. The fourth-order valence-electron chi connectivity index (χ4n) is 4.68. The van der Waals surface area contributed by atoms with Gasteiger partial charge in [0.15, 0.2) is 5.76 Å². The van der Waals surface area contributed by atoms with Crippen molar-refractivity contribution in [2.45, 2.75) is 84.8 Å². The molecule has 0 saturated heterocycles. The van der Waals surface area contributed by atoms with E-state index in [2.05, 4.69) is 34.6 Å². The summed E-state index contributed by atoms with van der Waals surface area (Å²) in [6.07, 6.45) is 5.96. The molecule has 2 amide bonds. The van der Waals surface area contributed by atoms with Gasteiger partial charge in [-0.1, -0.05) is 50.8 Å². The minimum atomic E-state index is -0.641. The smallest absolute Gasteiger partial charge is 0.251 e. The highest BCUT2D eigenvalue weighted by Gasteiger charge is 2.33.